The molecular formula is C8H12N2O2. The Morgan fingerprint density at radius 1 is 1.58 bits per heavy atom. The van der Waals surface area contributed by atoms with E-state index in [9.17, 15) is 4.79 Å². The lowest BCUT2D eigenvalue weighted by molar-refractivity contribution is -0.136. The molecule has 12 heavy (non-hydrogen) atoms. The Morgan fingerprint density at radius 3 is 2.67 bits per heavy atom. The van der Waals surface area contributed by atoms with Crippen molar-refractivity contribution >= 4 is 11.7 Å². The number of rotatable bonds is 1. The Bertz CT molecular complexity index is 266. The van der Waals surface area contributed by atoms with Crippen molar-refractivity contribution in [3.8, 4) is 0 Å². The van der Waals surface area contributed by atoms with E-state index in [1.807, 2.05) is 6.92 Å². The van der Waals surface area contributed by atoms with E-state index >= 15 is 0 Å². The van der Waals surface area contributed by atoms with Gasteiger partial charge in [-0.05, 0) is 25.3 Å². The van der Waals surface area contributed by atoms with Crippen molar-refractivity contribution in [1.29, 1.82) is 0 Å². The summed E-state index contributed by atoms with van der Waals surface area (Å²) in [5.74, 6) is 4.86. The molecule has 1 aliphatic rings. The highest BCUT2D eigenvalue weighted by molar-refractivity contribution is 6.09. The Kier molecular flexibility index (Phi) is 2.47. The minimum atomic E-state index is -0.272. The third kappa shape index (κ3) is 1.32. The molecule has 0 radical (unpaired) electrons. The van der Waals surface area contributed by atoms with Gasteiger partial charge in [-0.1, -0.05) is 0 Å². The number of nitrogens with zero attached hydrogens (tertiary/aromatic N) is 1. The van der Waals surface area contributed by atoms with Crippen LogP contribution in [0.4, 0.5) is 0 Å². The number of ether oxygens (including phenoxy) is 1. The molecule has 0 heterocycles. The van der Waals surface area contributed by atoms with Crippen molar-refractivity contribution in [2.24, 2.45) is 10.9 Å². The highest BCUT2D eigenvalue weighted by atomic mass is 16.5. The Hall–Kier alpha value is -1.32. The first-order valence-corrected chi connectivity index (χ1v) is 3.76. The minimum absolute atomic E-state index is 0.272. The van der Waals surface area contributed by atoms with E-state index in [0.717, 1.165) is 17.7 Å². The summed E-state index contributed by atoms with van der Waals surface area (Å²) in [4.78, 5) is 11.1. The van der Waals surface area contributed by atoms with E-state index < -0.39 is 0 Å². The number of esters is 1. The zero-order chi connectivity index (χ0) is 9.14. The highest BCUT2D eigenvalue weighted by Gasteiger charge is 2.23. The van der Waals surface area contributed by atoms with Crippen LogP contribution in [-0.2, 0) is 9.53 Å². The van der Waals surface area contributed by atoms with Crippen LogP contribution in [-0.4, -0.2) is 18.8 Å². The number of hydrogen-bond acceptors (Lipinski definition) is 4. The van der Waals surface area contributed by atoms with E-state index in [4.69, 9.17) is 5.84 Å². The Labute approximate surface area is 71.1 Å². The van der Waals surface area contributed by atoms with Crippen LogP contribution < -0.4 is 5.84 Å². The monoisotopic (exact) mass is 168 g/mol. The molecule has 0 saturated carbocycles. The van der Waals surface area contributed by atoms with Crippen molar-refractivity contribution in [3.05, 3.63) is 11.1 Å². The van der Waals surface area contributed by atoms with Crippen LogP contribution >= 0.6 is 0 Å². The van der Waals surface area contributed by atoms with Gasteiger partial charge < -0.3 is 10.6 Å². The Morgan fingerprint density at radius 2 is 2.25 bits per heavy atom. The third-order valence-electron chi connectivity index (χ3n) is 2.08. The van der Waals surface area contributed by atoms with Crippen molar-refractivity contribution in [2.45, 2.75) is 19.8 Å². The predicted molar refractivity (Wildman–Crippen MR) is 45.6 cm³/mol. The van der Waals surface area contributed by atoms with E-state index in [-0.39, 0.29) is 5.97 Å². The fourth-order valence-corrected chi connectivity index (χ4v) is 1.33. The zero-order valence-corrected chi connectivity index (χ0v) is 7.26. The molecule has 0 aromatic heterocycles. The molecule has 1 rings (SSSR count). The van der Waals surface area contributed by atoms with Crippen molar-refractivity contribution in [2.75, 3.05) is 7.11 Å². The molecule has 0 fully saturated rings. The number of methoxy groups -OCH3 is 1. The smallest absolute Gasteiger partial charge is 0.334 e. The second kappa shape index (κ2) is 3.38. The lowest BCUT2D eigenvalue weighted by Gasteiger charge is -1.99. The van der Waals surface area contributed by atoms with Crippen LogP contribution in [0, 0.1) is 0 Å². The molecular weight excluding hydrogens is 156 g/mol. The van der Waals surface area contributed by atoms with Crippen molar-refractivity contribution < 1.29 is 9.53 Å². The summed E-state index contributed by atoms with van der Waals surface area (Å²) in [5, 5.41) is 3.59. The normalized spacial score (nSPS) is 20.3. The van der Waals surface area contributed by atoms with Crippen LogP contribution in [0.5, 0.6) is 0 Å². The van der Waals surface area contributed by atoms with Gasteiger partial charge in [-0.3, -0.25) is 0 Å². The van der Waals surface area contributed by atoms with Crippen LogP contribution in [0.25, 0.3) is 0 Å². The fraction of sp³-hybridized carbons (Fsp3) is 0.500. The number of allylic oxidation sites excluding steroid dienone is 1. The molecule has 4 heteroatoms. The van der Waals surface area contributed by atoms with E-state index in [1.54, 1.807) is 0 Å². The number of hydrogen-bond donors (Lipinski definition) is 1. The molecule has 2 N–H and O–H groups in total. The molecule has 66 valence electrons. The van der Waals surface area contributed by atoms with E-state index in [2.05, 4.69) is 9.84 Å². The second-order valence-corrected chi connectivity index (χ2v) is 2.67. The lowest BCUT2D eigenvalue weighted by atomic mass is 10.2. The minimum Gasteiger partial charge on any atom is -0.466 e. The van der Waals surface area contributed by atoms with Gasteiger partial charge in [0.05, 0.1) is 12.8 Å². The predicted octanol–water partition coefficient (Wildman–Crippen LogP) is 0.584. The van der Waals surface area contributed by atoms with Crippen LogP contribution in [0.3, 0.4) is 0 Å². The molecule has 0 bridgehead atoms. The average Bonchev–Trinajstić information content (AvgIpc) is 2.45. The van der Waals surface area contributed by atoms with Gasteiger partial charge in [0, 0.05) is 5.57 Å². The van der Waals surface area contributed by atoms with Gasteiger partial charge in [0.25, 0.3) is 0 Å². The number of carbonyl (C=O) groups is 1. The van der Waals surface area contributed by atoms with Crippen LogP contribution in [0.15, 0.2) is 16.2 Å². The number of carbonyl (C=O) groups excluding carboxylic acids is 1. The first-order chi connectivity index (χ1) is 5.70. The van der Waals surface area contributed by atoms with E-state index in [0.29, 0.717) is 12.0 Å². The summed E-state index contributed by atoms with van der Waals surface area (Å²) >= 11 is 0. The summed E-state index contributed by atoms with van der Waals surface area (Å²) in [7, 11) is 1.38. The first kappa shape index (κ1) is 8.77. The van der Waals surface area contributed by atoms with Gasteiger partial charge >= 0.3 is 5.97 Å². The van der Waals surface area contributed by atoms with Gasteiger partial charge in [-0.2, -0.15) is 5.10 Å². The maximum absolute atomic E-state index is 11.1. The van der Waals surface area contributed by atoms with Gasteiger partial charge in [-0.15, -0.1) is 0 Å². The molecule has 0 aromatic carbocycles. The molecule has 0 amide bonds. The van der Waals surface area contributed by atoms with Gasteiger partial charge in [0.2, 0.25) is 0 Å². The largest absolute Gasteiger partial charge is 0.466 e. The summed E-state index contributed by atoms with van der Waals surface area (Å²) in [5.41, 5.74) is 2.36. The van der Waals surface area contributed by atoms with Crippen LogP contribution in [0.2, 0.25) is 0 Å². The van der Waals surface area contributed by atoms with Gasteiger partial charge in [0.1, 0.15) is 0 Å². The topological polar surface area (TPSA) is 64.7 Å². The molecule has 0 unspecified atom stereocenters. The highest BCUT2D eigenvalue weighted by Crippen LogP contribution is 2.23. The summed E-state index contributed by atoms with van der Waals surface area (Å²) in [6, 6.07) is 0. The molecule has 0 spiro atoms. The van der Waals surface area contributed by atoms with Gasteiger partial charge in [0.15, 0.2) is 0 Å². The fourth-order valence-electron chi connectivity index (χ4n) is 1.33. The Balaban J connectivity index is 2.92. The molecule has 0 aromatic rings. The van der Waals surface area contributed by atoms with Gasteiger partial charge in [-0.25, -0.2) is 4.79 Å². The SMILES string of the molecule is COC(=O)C1=C(C)/C(=N/N)CC1. The zero-order valence-electron chi connectivity index (χ0n) is 7.26. The van der Waals surface area contributed by atoms with Crippen LogP contribution in [0.1, 0.15) is 19.8 Å². The average molecular weight is 168 g/mol. The summed E-state index contributed by atoms with van der Waals surface area (Å²) in [6.45, 7) is 1.84. The maximum Gasteiger partial charge on any atom is 0.334 e. The third-order valence-corrected chi connectivity index (χ3v) is 2.08. The molecule has 0 aliphatic heterocycles. The lowest BCUT2D eigenvalue weighted by Crippen LogP contribution is -2.04. The molecule has 1 aliphatic carbocycles. The molecule has 0 atom stereocenters. The molecule has 0 saturated heterocycles. The number of hydrazone groups is 1. The maximum atomic E-state index is 11.1. The quantitative estimate of drug-likeness (QED) is 0.354. The molecule has 4 nitrogen and oxygen atoms in total. The summed E-state index contributed by atoms with van der Waals surface area (Å²) < 4.78 is 4.60. The van der Waals surface area contributed by atoms with E-state index in [1.165, 1.54) is 7.11 Å². The van der Waals surface area contributed by atoms with Crippen molar-refractivity contribution in [1.82, 2.24) is 0 Å². The summed E-state index contributed by atoms with van der Waals surface area (Å²) in [6.07, 6.45) is 1.43. The first-order valence-electron chi connectivity index (χ1n) is 3.76. The second-order valence-electron chi connectivity index (χ2n) is 2.67. The standard InChI is InChI=1S/C8H12N2O2/c1-5-6(8(11)12-2)3-4-7(5)10-9/h3-4,9H2,1-2H3/b10-7+. The van der Waals surface area contributed by atoms with Crippen molar-refractivity contribution in [3.63, 3.8) is 0 Å². The number of nitrogens with two attached hydrogens (primary N) is 1.